The van der Waals surface area contributed by atoms with Crippen molar-refractivity contribution >= 4 is 0 Å². The molecule has 1 aliphatic rings. The minimum Gasteiger partial charge on any atom is -0.491 e. The Morgan fingerprint density at radius 1 is 1.33 bits per heavy atom. The van der Waals surface area contributed by atoms with Crippen LogP contribution in [-0.2, 0) is 11.2 Å². The molecule has 0 N–H and O–H groups in total. The Labute approximate surface area is 88.6 Å². The van der Waals surface area contributed by atoms with Crippen molar-refractivity contribution in [3.63, 3.8) is 0 Å². The van der Waals surface area contributed by atoms with Crippen LogP contribution >= 0.6 is 0 Å². The Bertz CT molecular complexity index is 418. The van der Waals surface area contributed by atoms with Crippen molar-refractivity contribution < 1.29 is 9.26 Å². The highest BCUT2D eigenvalue weighted by molar-refractivity contribution is 5.24. The molecule has 1 atom stereocenters. The van der Waals surface area contributed by atoms with Crippen LogP contribution in [0.1, 0.15) is 25.6 Å². The van der Waals surface area contributed by atoms with Crippen molar-refractivity contribution in [3.8, 4) is 0 Å². The Morgan fingerprint density at radius 3 is 2.73 bits per heavy atom. The normalized spacial score (nSPS) is 20.6. The SMILES string of the molecule is CC1=CC=C(Cc2nc(C)no2)C(C)O1. The first-order valence-corrected chi connectivity index (χ1v) is 4.98. The smallest absolute Gasteiger partial charge is 0.230 e. The number of ether oxygens (including phenoxy) is 1. The van der Waals surface area contributed by atoms with E-state index in [-0.39, 0.29) is 6.10 Å². The number of nitrogens with zero attached hydrogens (tertiary/aromatic N) is 2. The molecule has 80 valence electrons. The molecule has 4 heteroatoms. The highest BCUT2D eigenvalue weighted by Gasteiger charge is 2.16. The number of hydrogen-bond donors (Lipinski definition) is 0. The number of aryl methyl sites for hydroxylation is 1. The summed E-state index contributed by atoms with van der Waals surface area (Å²) < 4.78 is 10.6. The molecule has 0 saturated heterocycles. The van der Waals surface area contributed by atoms with E-state index in [0.717, 1.165) is 11.3 Å². The monoisotopic (exact) mass is 206 g/mol. The summed E-state index contributed by atoms with van der Waals surface area (Å²) in [5, 5.41) is 3.75. The minimum absolute atomic E-state index is 0.0854. The van der Waals surface area contributed by atoms with Gasteiger partial charge in [0, 0.05) is 0 Å². The van der Waals surface area contributed by atoms with Crippen molar-refractivity contribution in [2.75, 3.05) is 0 Å². The lowest BCUT2D eigenvalue weighted by Crippen LogP contribution is -2.15. The maximum Gasteiger partial charge on any atom is 0.230 e. The van der Waals surface area contributed by atoms with E-state index in [0.29, 0.717) is 18.1 Å². The van der Waals surface area contributed by atoms with E-state index < -0.39 is 0 Å². The molecular weight excluding hydrogens is 192 g/mol. The second-order valence-corrected chi connectivity index (χ2v) is 3.69. The number of aromatic nitrogens is 2. The van der Waals surface area contributed by atoms with Crippen molar-refractivity contribution in [1.29, 1.82) is 0 Å². The summed E-state index contributed by atoms with van der Waals surface area (Å²) in [7, 11) is 0. The van der Waals surface area contributed by atoms with Crippen molar-refractivity contribution in [3.05, 3.63) is 35.2 Å². The van der Waals surface area contributed by atoms with Crippen LogP contribution < -0.4 is 0 Å². The maximum atomic E-state index is 5.58. The van der Waals surface area contributed by atoms with Crippen LogP contribution in [0.15, 0.2) is 28.0 Å². The largest absolute Gasteiger partial charge is 0.491 e. The lowest BCUT2D eigenvalue weighted by molar-refractivity contribution is 0.154. The van der Waals surface area contributed by atoms with Crippen molar-refractivity contribution in [1.82, 2.24) is 10.1 Å². The first-order valence-electron chi connectivity index (χ1n) is 4.98. The molecule has 0 spiro atoms. The first-order chi connectivity index (χ1) is 7.15. The average Bonchev–Trinajstić information content (AvgIpc) is 2.56. The third-order valence-electron chi connectivity index (χ3n) is 2.34. The van der Waals surface area contributed by atoms with E-state index in [1.54, 1.807) is 0 Å². The van der Waals surface area contributed by atoms with Gasteiger partial charge in [-0.25, -0.2) is 0 Å². The second-order valence-electron chi connectivity index (χ2n) is 3.69. The lowest BCUT2D eigenvalue weighted by atomic mass is 10.1. The average molecular weight is 206 g/mol. The maximum absolute atomic E-state index is 5.58. The van der Waals surface area contributed by atoms with Gasteiger partial charge >= 0.3 is 0 Å². The summed E-state index contributed by atoms with van der Waals surface area (Å²) in [6.45, 7) is 5.78. The van der Waals surface area contributed by atoms with E-state index in [1.165, 1.54) is 0 Å². The zero-order chi connectivity index (χ0) is 10.8. The fraction of sp³-hybridized carbons (Fsp3) is 0.455. The molecule has 0 aromatic carbocycles. The third-order valence-corrected chi connectivity index (χ3v) is 2.34. The van der Waals surface area contributed by atoms with Crippen LogP contribution in [0.3, 0.4) is 0 Å². The molecular formula is C11H14N2O2. The predicted octanol–water partition coefficient (Wildman–Crippen LogP) is 2.17. The molecule has 1 aromatic rings. The molecule has 2 heterocycles. The van der Waals surface area contributed by atoms with Gasteiger partial charge in [0.25, 0.3) is 0 Å². The summed E-state index contributed by atoms with van der Waals surface area (Å²) in [4.78, 5) is 4.16. The van der Waals surface area contributed by atoms with Gasteiger partial charge in [0.05, 0.1) is 12.2 Å². The third kappa shape index (κ3) is 2.26. The number of rotatable bonds is 2. The van der Waals surface area contributed by atoms with Gasteiger partial charge < -0.3 is 9.26 Å². The van der Waals surface area contributed by atoms with Gasteiger partial charge in [0.15, 0.2) is 5.82 Å². The topological polar surface area (TPSA) is 48.2 Å². The van der Waals surface area contributed by atoms with E-state index in [2.05, 4.69) is 16.2 Å². The van der Waals surface area contributed by atoms with E-state index in [9.17, 15) is 0 Å². The highest BCUT2D eigenvalue weighted by Crippen LogP contribution is 2.20. The lowest BCUT2D eigenvalue weighted by Gasteiger charge is -2.20. The Hall–Kier alpha value is -1.58. The van der Waals surface area contributed by atoms with Gasteiger partial charge in [-0.15, -0.1) is 0 Å². The van der Waals surface area contributed by atoms with Gasteiger partial charge in [0.1, 0.15) is 6.10 Å². The van der Waals surface area contributed by atoms with Crippen molar-refractivity contribution in [2.24, 2.45) is 0 Å². The van der Waals surface area contributed by atoms with Gasteiger partial charge in [-0.3, -0.25) is 0 Å². The van der Waals surface area contributed by atoms with Gasteiger partial charge in [0.2, 0.25) is 5.89 Å². The standard InChI is InChI=1S/C11H14N2O2/c1-7-4-5-10(8(2)14-7)6-11-12-9(3)13-15-11/h4-5,8H,6H2,1-3H3. The molecule has 1 aliphatic heterocycles. The summed E-state index contributed by atoms with van der Waals surface area (Å²) in [5.41, 5.74) is 1.16. The summed E-state index contributed by atoms with van der Waals surface area (Å²) in [6.07, 6.45) is 4.76. The van der Waals surface area contributed by atoms with Gasteiger partial charge in [-0.2, -0.15) is 4.98 Å². The predicted molar refractivity (Wildman–Crippen MR) is 55.1 cm³/mol. The molecule has 0 fully saturated rings. The van der Waals surface area contributed by atoms with Crippen LogP contribution in [-0.4, -0.2) is 16.2 Å². The molecule has 2 rings (SSSR count). The Kier molecular flexibility index (Phi) is 2.58. The number of hydrogen-bond acceptors (Lipinski definition) is 4. The molecule has 15 heavy (non-hydrogen) atoms. The van der Waals surface area contributed by atoms with Crippen LogP contribution in [0.5, 0.6) is 0 Å². The quantitative estimate of drug-likeness (QED) is 0.744. The molecule has 0 aliphatic carbocycles. The van der Waals surface area contributed by atoms with Crippen molar-refractivity contribution in [2.45, 2.75) is 33.3 Å². The van der Waals surface area contributed by atoms with E-state index in [1.807, 2.05) is 26.8 Å². The molecule has 0 radical (unpaired) electrons. The number of allylic oxidation sites excluding steroid dienone is 3. The highest BCUT2D eigenvalue weighted by atomic mass is 16.5. The van der Waals surface area contributed by atoms with Crippen LogP contribution in [0, 0.1) is 6.92 Å². The fourth-order valence-electron chi connectivity index (χ4n) is 1.54. The minimum atomic E-state index is 0.0854. The first kappa shape index (κ1) is 9.96. The molecule has 1 unspecified atom stereocenters. The zero-order valence-corrected chi connectivity index (χ0v) is 9.15. The second kappa shape index (κ2) is 3.88. The van der Waals surface area contributed by atoms with E-state index >= 15 is 0 Å². The summed E-state index contributed by atoms with van der Waals surface area (Å²) in [6, 6.07) is 0. The summed E-state index contributed by atoms with van der Waals surface area (Å²) in [5.74, 6) is 2.25. The van der Waals surface area contributed by atoms with Crippen LogP contribution in [0.4, 0.5) is 0 Å². The molecule has 0 saturated carbocycles. The van der Waals surface area contributed by atoms with Crippen LogP contribution in [0.2, 0.25) is 0 Å². The molecule has 0 amide bonds. The van der Waals surface area contributed by atoms with Gasteiger partial charge in [-0.1, -0.05) is 11.2 Å². The molecule has 4 nitrogen and oxygen atoms in total. The molecule has 1 aromatic heterocycles. The molecule has 0 bridgehead atoms. The van der Waals surface area contributed by atoms with Gasteiger partial charge in [-0.05, 0) is 32.4 Å². The zero-order valence-electron chi connectivity index (χ0n) is 9.15. The Morgan fingerprint density at radius 2 is 2.13 bits per heavy atom. The van der Waals surface area contributed by atoms with Crippen LogP contribution in [0.25, 0.3) is 0 Å². The summed E-state index contributed by atoms with van der Waals surface area (Å²) >= 11 is 0. The Balaban J connectivity index is 2.12. The van der Waals surface area contributed by atoms with E-state index in [4.69, 9.17) is 9.26 Å². The fourth-order valence-corrected chi connectivity index (χ4v) is 1.54.